The molecule has 0 radical (unpaired) electrons. The molecule has 0 spiro atoms. The van der Waals surface area contributed by atoms with E-state index in [1.807, 2.05) is 24.3 Å². The lowest BCUT2D eigenvalue weighted by Crippen LogP contribution is -2.23. The minimum Gasteiger partial charge on any atom is -0.302 e. The molecule has 5 nitrogen and oxygen atoms in total. The molecule has 0 amide bonds. The fourth-order valence-corrected chi connectivity index (χ4v) is 6.24. The van der Waals surface area contributed by atoms with Crippen molar-refractivity contribution in [2.75, 3.05) is 20.1 Å². The topological polar surface area (TPSA) is 55.2 Å². The van der Waals surface area contributed by atoms with E-state index < -0.39 is 10.0 Å². The molecule has 0 fully saturated rings. The number of benzene rings is 1. The maximum Gasteiger partial charge on any atom is 0.269 e. The monoisotopic (exact) mass is 421 g/mol. The smallest absolute Gasteiger partial charge is 0.269 e. The van der Waals surface area contributed by atoms with Crippen LogP contribution < -0.4 is 0 Å². The van der Waals surface area contributed by atoms with Crippen LogP contribution in [0.25, 0.3) is 16.6 Å². The second-order valence-electron chi connectivity index (χ2n) is 8.46. The highest BCUT2D eigenvalue weighted by Crippen LogP contribution is 2.37. The molecule has 0 bridgehead atoms. The van der Waals surface area contributed by atoms with Crippen LogP contribution in [-0.2, 0) is 16.4 Å². The molecule has 1 aliphatic heterocycles. The predicted molar refractivity (Wildman–Crippen MR) is 120 cm³/mol. The zero-order chi connectivity index (χ0) is 20.9. The highest BCUT2D eigenvalue weighted by Gasteiger charge is 2.27. The summed E-state index contributed by atoms with van der Waals surface area (Å²) in [5.74, 6) is 0.550. The van der Waals surface area contributed by atoms with Crippen molar-refractivity contribution in [1.82, 2.24) is 13.9 Å². The molecule has 1 aromatic carbocycles. The average Bonchev–Trinajstić information content (AvgIpc) is 3.36. The first-order valence-corrected chi connectivity index (χ1v) is 12.2. The van der Waals surface area contributed by atoms with Crippen LogP contribution in [0, 0.1) is 0 Å². The molecular weight excluding hydrogens is 394 g/mol. The van der Waals surface area contributed by atoms with Crippen LogP contribution in [0.4, 0.5) is 0 Å². The first-order valence-electron chi connectivity index (χ1n) is 10.7. The second-order valence-corrected chi connectivity index (χ2v) is 10.3. The molecule has 0 saturated carbocycles. The van der Waals surface area contributed by atoms with E-state index in [9.17, 15) is 8.42 Å². The van der Waals surface area contributed by atoms with Crippen LogP contribution in [0.1, 0.15) is 48.8 Å². The minimum absolute atomic E-state index is 0.351. The summed E-state index contributed by atoms with van der Waals surface area (Å²) in [7, 11) is -1.63. The van der Waals surface area contributed by atoms with E-state index >= 15 is 0 Å². The maximum atomic E-state index is 13.6. The SMILES string of the molecule is CCC1CCc2cc(S(=O)(=O)n3cc(C4=CCN(C)CC4)c4cccnc43)ccc21. The van der Waals surface area contributed by atoms with E-state index in [4.69, 9.17) is 0 Å². The Labute approximate surface area is 178 Å². The summed E-state index contributed by atoms with van der Waals surface area (Å²) in [5.41, 5.74) is 5.15. The van der Waals surface area contributed by atoms with Crippen LogP contribution in [-0.4, -0.2) is 42.4 Å². The molecule has 5 rings (SSSR count). The van der Waals surface area contributed by atoms with Gasteiger partial charge in [0.2, 0.25) is 0 Å². The summed E-state index contributed by atoms with van der Waals surface area (Å²) < 4.78 is 28.7. The van der Waals surface area contributed by atoms with Gasteiger partial charge in [-0.05, 0) is 79.6 Å². The largest absolute Gasteiger partial charge is 0.302 e. The van der Waals surface area contributed by atoms with E-state index in [1.165, 1.54) is 20.7 Å². The van der Waals surface area contributed by atoms with Gasteiger partial charge < -0.3 is 4.90 Å². The van der Waals surface area contributed by atoms with Gasteiger partial charge in [-0.15, -0.1) is 0 Å². The van der Waals surface area contributed by atoms with Crippen LogP contribution in [0.3, 0.4) is 0 Å². The van der Waals surface area contributed by atoms with Gasteiger partial charge in [0.15, 0.2) is 5.65 Å². The summed E-state index contributed by atoms with van der Waals surface area (Å²) in [6.45, 7) is 4.04. The highest BCUT2D eigenvalue weighted by molar-refractivity contribution is 7.90. The van der Waals surface area contributed by atoms with Gasteiger partial charge in [0.25, 0.3) is 10.0 Å². The van der Waals surface area contributed by atoms with Crippen molar-refractivity contribution >= 4 is 26.6 Å². The van der Waals surface area contributed by atoms with Gasteiger partial charge in [-0.2, -0.15) is 0 Å². The van der Waals surface area contributed by atoms with Crippen molar-refractivity contribution in [3.8, 4) is 0 Å². The Morgan fingerprint density at radius 1 is 1.20 bits per heavy atom. The van der Waals surface area contributed by atoms with Gasteiger partial charge >= 0.3 is 0 Å². The van der Waals surface area contributed by atoms with Gasteiger partial charge in [-0.25, -0.2) is 17.4 Å². The van der Waals surface area contributed by atoms with Crippen molar-refractivity contribution in [3.05, 3.63) is 65.5 Å². The molecule has 1 atom stereocenters. The van der Waals surface area contributed by atoms with Crippen molar-refractivity contribution in [3.63, 3.8) is 0 Å². The third-order valence-electron chi connectivity index (χ3n) is 6.66. The van der Waals surface area contributed by atoms with Gasteiger partial charge in [-0.1, -0.05) is 19.1 Å². The zero-order valence-electron chi connectivity index (χ0n) is 17.5. The van der Waals surface area contributed by atoms with Crippen molar-refractivity contribution < 1.29 is 8.42 Å². The third-order valence-corrected chi connectivity index (χ3v) is 8.30. The van der Waals surface area contributed by atoms with Crippen LogP contribution >= 0.6 is 0 Å². The first-order chi connectivity index (χ1) is 14.5. The Balaban J connectivity index is 1.63. The normalized spacial score (nSPS) is 19.8. The Morgan fingerprint density at radius 3 is 2.83 bits per heavy atom. The molecule has 1 aliphatic carbocycles. The van der Waals surface area contributed by atoms with Gasteiger partial charge in [-0.3, -0.25) is 0 Å². The Hall–Kier alpha value is -2.44. The highest BCUT2D eigenvalue weighted by atomic mass is 32.2. The fraction of sp³-hybridized carbons (Fsp3) is 0.375. The molecule has 2 aromatic heterocycles. The molecule has 30 heavy (non-hydrogen) atoms. The fourth-order valence-electron chi connectivity index (χ4n) is 4.87. The van der Waals surface area contributed by atoms with Crippen LogP contribution in [0.15, 0.2) is 53.7 Å². The maximum absolute atomic E-state index is 13.6. The molecule has 156 valence electrons. The number of aryl methyl sites for hydroxylation is 1. The Bertz CT molecular complexity index is 1260. The van der Waals surface area contributed by atoms with Crippen molar-refractivity contribution in [1.29, 1.82) is 0 Å². The van der Waals surface area contributed by atoms with Crippen LogP contribution in [0.2, 0.25) is 0 Å². The molecule has 2 aliphatic rings. The summed E-state index contributed by atoms with van der Waals surface area (Å²) in [4.78, 5) is 7.05. The number of fused-ring (bicyclic) bond motifs is 2. The summed E-state index contributed by atoms with van der Waals surface area (Å²) in [6, 6.07) is 9.51. The Morgan fingerprint density at radius 2 is 2.07 bits per heavy atom. The van der Waals surface area contributed by atoms with Crippen LogP contribution in [0.5, 0.6) is 0 Å². The number of aromatic nitrogens is 2. The van der Waals surface area contributed by atoms with E-state index in [0.717, 1.165) is 49.7 Å². The Kier molecular flexibility index (Phi) is 4.79. The summed E-state index contributed by atoms with van der Waals surface area (Å²) >= 11 is 0. The summed E-state index contributed by atoms with van der Waals surface area (Å²) in [5, 5.41) is 0.893. The van der Waals surface area contributed by atoms with E-state index in [-0.39, 0.29) is 0 Å². The predicted octanol–water partition coefficient (Wildman–Crippen LogP) is 4.43. The quantitative estimate of drug-likeness (QED) is 0.625. The zero-order valence-corrected chi connectivity index (χ0v) is 18.3. The third kappa shape index (κ3) is 3.10. The minimum atomic E-state index is -3.72. The average molecular weight is 422 g/mol. The lowest BCUT2D eigenvalue weighted by molar-refractivity contribution is 0.370. The van der Waals surface area contributed by atoms with Gasteiger partial charge in [0.1, 0.15) is 0 Å². The van der Waals surface area contributed by atoms with Gasteiger partial charge in [0.05, 0.1) is 4.90 Å². The molecule has 6 heteroatoms. The van der Waals surface area contributed by atoms with E-state index in [2.05, 4.69) is 29.9 Å². The van der Waals surface area contributed by atoms with Gasteiger partial charge in [0, 0.05) is 36.4 Å². The molecule has 3 heterocycles. The molecule has 3 aromatic rings. The molecular formula is C24H27N3O2S. The second kappa shape index (κ2) is 7.36. The van der Waals surface area contributed by atoms with Crippen molar-refractivity contribution in [2.45, 2.75) is 43.4 Å². The van der Waals surface area contributed by atoms with E-state index in [1.54, 1.807) is 18.5 Å². The number of likely N-dealkylation sites (N-methyl/N-ethyl adjacent to an activating group) is 1. The molecule has 0 saturated heterocycles. The number of pyridine rings is 1. The lowest BCUT2D eigenvalue weighted by Gasteiger charge is -2.21. The number of hydrogen-bond donors (Lipinski definition) is 0. The number of nitrogens with zero attached hydrogens (tertiary/aromatic N) is 3. The molecule has 1 unspecified atom stereocenters. The first kappa shape index (κ1) is 19.5. The summed E-state index contributed by atoms with van der Waals surface area (Å²) in [6.07, 6.45) is 9.69. The molecule has 0 N–H and O–H groups in total. The van der Waals surface area contributed by atoms with E-state index in [0.29, 0.717) is 16.5 Å². The van der Waals surface area contributed by atoms with Crippen molar-refractivity contribution in [2.24, 2.45) is 0 Å². The lowest BCUT2D eigenvalue weighted by atomic mass is 9.99. The number of rotatable bonds is 4. The standard InChI is InChI=1S/C24H27N3O2S/c1-3-17-6-7-19-15-20(8-9-21(17)19)30(28,29)27-16-23(18-10-13-26(2)14-11-18)22-5-4-12-25-24(22)27/h4-5,8-10,12,15-17H,3,6-7,11,13-14H2,1-2H3. The number of hydrogen-bond acceptors (Lipinski definition) is 4.